The van der Waals surface area contributed by atoms with Gasteiger partial charge >= 0.3 is 0 Å². The average molecular weight is 283 g/mol. The molecule has 0 aromatic rings. The molecule has 0 saturated heterocycles. The van der Waals surface area contributed by atoms with Gasteiger partial charge in [0.2, 0.25) is 11.8 Å². The molecule has 1 saturated carbocycles. The summed E-state index contributed by atoms with van der Waals surface area (Å²) >= 11 is 0. The van der Waals surface area contributed by atoms with Crippen molar-refractivity contribution in [2.24, 2.45) is 11.7 Å². The molecule has 3 N–H and O–H groups in total. The summed E-state index contributed by atoms with van der Waals surface area (Å²) in [5.74, 6) is 0.513. The molecule has 2 atom stereocenters. The summed E-state index contributed by atoms with van der Waals surface area (Å²) < 4.78 is 0. The van der Waals surface area contributed by atoms with Crippen LogP contribution in [0.2, 0.25) is 0 Å². The van der Waals surface area contributed by atoms with E-state index in [1.54, 1.807) is 7.05 Å². The molecule has 0 aliphatic heterocycles. The third-order valence-electron chi connectivity index (χ3n) is 3.85. The lowest BCUT2D eigenvalue weighted by atomic mass is 9.83. The van der Waals surface area contributed by atoms with E-state index in [-0.39, 0.29) is 24.4 Å². The van der Waals surface area contributed by atoms with Crippen molar-refractivity contribution in [3.63, 3.8) is 0 Å². The quantitative estimate of drug-likeness (QED) is 0.770. The molecular formula is C15H29N3O2. The van der Waals surface area contributed by atoms with Gasteiger partial charge in [-0.15, -0.1) is 0 Å². The Morgan fingerprint density at radius 1 is 1.35 bits per heavy atom. The molecule has 2 amide bonds. The number of rotatable bonds is 6. The van der Waals surface area contributed by atoms with Crippen LogP contribution in [0.3, 0.4) is 0 Å². The topological polar surface area (TPSA) is 75.4 Å². The molecule has 1 aliphatic rings. The summed E-state index contributed by atoms with van der Waals surface area (Å²) in [7, 11) is 1.69. The van der Waals surface area contributed by atoms with Crippen LogP contribution in [-0.4, -0.2) is 42.4 Å². The minimum absolute atomic E-state index is 0.0445. The predicted octanol–water partition coefficient (Wildman–Crippen LogP) is 1.27. The zero-order valence-electron chi connectivity index (χ0n) is 13.0. The molecule has 1 aliphatic carbocycles. The fourth-order valence-corrected chi connectivity index (χ4v) is 2.78. The number of hydrogen-bond donors (Lipinski definition) is 2. The van der Waals surface area contributed by atoms with E-state index in [2.05, 4.69) is 5.32 Å². The van der Waals surface area contributed by atoms with Crippen molar-refractivity contribution in [3.05, 3.63) is 0 Å². The van der Waals surface area contributed by atoms with Crippen LogP contribution in [0.15, 0.2) is 0 Å². The van der Waals surface area contributed by atoms with E-state index in [0.29, 0.717) is 18.4 Å². The van der Waals surface area contributed by atoms with E-state index in [1.165, 1.54) is 17.7 Å². The van der Waals surface area contributed by atoms with E-state index >= 15 is 0 Å². The monoisotopic (exact) mass is 283 g/mol. The fraction of sp³-hybridized carbons (Fsp3) is 0.867. The molecule has 0 aromatic heterocycles. The van der Waals surface area contributed by atoms with Crippen LogP contribution in [0.4, 0.5) is 0 Å². The molecule has 0 spiro atoms. The second-order valence-corrected chi connectivity index (χ2v) is 6.30. The van der Waals surface area contributed by atoms with Crippen molar-refractivity contribution in [3.8, 4) is 0 Å². The Kier molecular flexibility index (Phi) is 6.99. The third kappa shape index (κ3) is 6.37. The Morgan fingerprint density at radius 3 is 2.65 bits per heavy atom. The molecule has 0 radical (unpaired) electrons. The third-order valence-corrected chi connectivity index (χ3v) is 3.85. The van der Waals surface area contributed by atoms with Gasteiger partial charge in [-0.1, -0.05) is 12.8 Å². The number of carbonyl (C=O) groups excluding carboxylic acids is 2. The molecule has 20 heavy (non-hydrogen) atoms. The number of nitrogens with one attached hydrogen (secondary N) is 1. The first-order chi connectivity index (χ1) is 9.38. The highest BCUT2D eigenvalue weighted by Gasteiger charge is 2.21. The van der Waals surface area contributed by atoms with Gasteiger partial charge in [0.15, 0.2) is 0 Å². The SMILES string of the molecule is CC(C)NC(=O)CN(C)C(=O)CCC1CCCC(N)C1. The number of likely N-dealkylation sites (N-methyl/N-ethyl adjacent to an activating group) is 1. The van der Waals surface area contributed by atoms with Gasteiger partial charge in [-0.3, -0.25) is 9.59 Å². The number of nitrogens with two attached hydrogens (primary N) is 1. The lowest BCUT2D eigenvalue weighted by molar-refractivity contribution is -0.135. The highest BCUT2D eigenvalue weighted by atomic mass is 16.2. The van der Waals surface area contributed by atoms with Crippen LogP contribution >= 0.6 is 0 Å². The standard InChI is InChI=1S/C15H29N3O2/c1-11(2)17-14(19)10-18(3)15(20)8-7-12-5-4-6-13(16)9-12/h11-13H,4-10,16H2,1-3H3,(H,17,19). The van der Waals surface area contributed by atoms with Gasteiger partial charge in [-0.25, -0.2) is 0 Å². The molecule has 1 rings (SSSR count). The first-order valence-corrected chi connectivity index (χ1v) is 7.67. The van der Waals surface area contributed by atoms with Crippen LogP contribution in [0.5, 0.6) is 0 Å². The van der Waals surface area contributed by atoms with Crippen LogP contribution in [0.25, 0.3) is 0 Å². The molecule has 0 heterocycles. The maximum Gasteiger partial charge on any atom is 0.239 e. The Labute approximate surface area is 122 Å². The van der Waals surface area contributed by atoms with Gasteiger partial charge in [0.1, 0.15) is 0 Å². The molecule has 0 aromatic carbocycles. The zero-order chi connectivity index (χ0) is 15.1. The second kappa shape index (κ2) is 8.25. The Balaban J connectivity index is 2.25. The Morgan fingerprint density at radius 2 is 2.05 bits per heavy atom. The smallest absolute Gasteiger partial charge is 0.239 e. The molecule has 2 unspecified atom stereocenters. The van der Waals surface area contributed by atoms with Crippen LogP contribution < -0.4 is 11.1 Å². The second-order valence-electron chi connectivity index (χ2n) is 6.30. The summed E-state index contributed by atoms with van der Waals surface area (Å²) in [5, 5.41) is 2.79. The molecule has 116 valence electrons. The number of carbonyl (C=O) groups is 2. The number of nitrogens with zero attached hydrogens (tertiary/aromatic N) is 1. The van der Waals surface area contributed by atoms with Crippen LogP contribution in [0.1, 0.15) is 52.4 Å². The Hall–Kier alpha value is -1.10. The van der Waals surface area contributed by atoms with Crippen LogP contribution in [-0.2, 0) is 9.59 Å². The average Bonchev–Trinajstić information content (AvgIpc) is 2.34. The molecular weight excluding hydrogens is 254 g/mol. The van der Waals surface area contributed by atoms with E-state index < -0.39 is 0 Å². The van der Waals surface area contributed by atoms with Gasteiger partial charge in [0.05, 0.1) is 6.54 Å². The van der Waals surface area contributed by atoms with E-state index in [9.17, 15) is 9.59 Å². The lowest BCUT2D eigenvalue weighted by Gasteiger charge is -2.27. The normalized spacial score (nSPS) is 22.6. The predicted molar refractivity (Wildman–Crippen MR) is 80.1 cm³/mol. The van der Waals surface area contributed by atoms with Crippen molar-refractivity contribution >= 4 is 11.8 Å². The molecule has 5 nitrogen and oxygen atoms in total. The molecule has 1 fully saturated rings. The van der Waals surface area contributed by atoms with E-state index in [4.69, 9.17) is 5.73 Å². The highest BCUT2D eigenvalue weighted by Crippen LogP contribution is 2.26. The van der Waals surface area contributed by atoms with Crippen molar-refractivity contribution in [1.82, 2.24) is 10.2 Å². The van der Waals surface area contributed by atoms with Gasteiger partial charge < -0.3 is 16.0 Å². The van der Waals surface area contributed by atoms with Crippen LogP contribution in [0, 0.1) is 5.92 Å². The highest BCUT2D eigenvalue weighted by molar-refractivity contribution is 5.84. The van der Waals surface area contributed by atoms with Crippen molar-refractivity contribution in [2.45, 2.75) is 64.5 Å². The number of hydrogen-bond acceptors (Lipinski definition) is 3. The zero-order valence-corrected chi connectivity index (χ0v) is 13.0. The van der Waals surface area contributed by atoms with Crippen molar-refractivity contribution in [1.29, 1.82) is 0 Å². The van der Waals surface area contributed by atoms with E-state index in [1.807, 2.05) is 13.8 Å². The number of amides is 2. The lowest BCUT2D eigenvalue weighted by Crippen LogP contribution is -2.41. The minimum Gasteiger partial charge on any atom is -0.352 e. The van der Waals surface area contributed by atoms with E-state index in [0.717, 1.165) is 19.3 Å². The van der Waals surface area contributed by atoms with Gasteiger partial charge in [-0.2, -0.15) is 0 Å². The summed E-state index contributed by atoms with van der Waals surface area (Å²) in [6.07, 6.45) is 5.90. The van der Waals surface area contributed by atoms with Gasteiger partial charge in [-0.05, 0) is 39.0 Å². The summed E-state index contributed by atoms with van der Waals surface area (Å²) in [4.78, 5) is 25.1. The Bertz CT molecular complexity index is 331. The summed E-state index contributed by atoms with van der Waals surface area (Å²) in [6.45, 7) is 3.96. The van der Waals surface area contributed by atoms with Crippen molar-refractivity contribution < 1.29 is 9.59 Å². The van der Waals surface area contributed by atoms with Crippen molar-refractivity contribution in [2.75, 3.05) is 13.6 Å². The largest absolute Gasteiger partial charge is 0.352 e. The minimum atomic E-state index is -0.101. The summed E-state index contributed by atoms with van der Waals surface area (Å²) in [6, 6.07) is 0.410. The maximum absolute atomic E-state index is 12.0. The fourth-order valence-electron chi connectivity index (χ4n) is 2.78. The van der Waals surface area contributed by atoms with Gasteiger partial charge in [0.25, 0.3) is 0 Å². The molecule has 5 heteroatoms. The summed E-state index contributed by atoms with van der Waals surface area (Å²) in [5.41, 5.74) is 5.96. The first-order valence-electron chi connectivity index (χ1n) is 7.67. The molecule has 0 bridgehead atoms. The maximum atomic E-state index is 12.0. The van der Waals surface area contributed by atoms with Gasteiger partial charge in [0, 0.05) is 25.6 Å². The first kappa shape index (κ1) is 17.0.